The van der Waals surface area contributed by atoms with Gasteiger partial charge in [-0.05, 0) is 38.5 Å². The highest BCUT2D eigenvalue weighted by Crippen LogP contribution is 2.52. The molecule has 1 fully saturated rings. The van der Waals surface area contributed by atoms with Crippen molar-refractivity contribution in [2.45, 2.75) is 52.6 Å². The van der Waals surface area contributed by atoms with Crippen molar-refractivity contribution in [3.63, 3.8) is 0 Å². The highest BCUT2D eigenvalue weighted by atomic mass is 16.5. The third kappa shape index (κ3) is 2.09. The van der Waals surface area contributed by atoms with E-state index in [0.717, 1.165) is 18.4 Å². The first kappa shape index (κ1) is 13.3. The lowest BCUT2D eigenvalue weighted by Gasteiger charge is -2.50. The van der Waals surface area contributed by atoms with E-state index in [0.29, 0.717) is 23.1 Å². The van der Waals surface area contributed by atoms with Crippen molar-refractivity contribution in [3.8, 4) is 6.07 Å². The predicted molar refractivity (Wildman–Crippen MR) is 71.5 cm³/mol. The molecule has 100 valence electrons. The zero-order valence-electron chi connectivity index (χ0n) is 12.1. The van der Waals surface area contributed by atoms with Gasteiger partial charge in [-0.15, -0.1) is 0 Å². The summed E-state index contributed by atoms with van der Waals surface area (Å²) in [4.78, 5) is 0. The van der Waals surface area contributed by atoms with Gasteiger partial charge >= 0.3 is 0 Å². The second kappa shape index (κ2) is 4.19. The maximum atomic E-state index is 9.44. The highest BCUT2D eigenvalue weighted by molar-refractivity contribution is 5.31. The van der Waals surface area contributed by atoms with Crippen LogP contribution in [0.15, 0.2) is 11.5 Å². The van der Waals surface area contributed by atoms with Gasteiger partial charge in [0.05, 0.1) is 5.57 Å². The summed E-state index contributed by atoms with van der Waals surface area (Å²) in [6.45, 7) is 8.91. The van der Waals surface area contributed by atoms with E-state index in [1.54, 1.807) is 0 Å². The molecule has 1 saturated carbocycles. The largest absolute Gasteiger partial charge is 0.472 e. The maximum absolute atomic E-state index is 9.44. The Kier molecular flexibility index (Phi) is 3.09. The molecule has 0 unspecified atom stereocenters. The van der Waals surface area contributed by atoms with E-state index in [4.69, 9.17) is 4.74 Å². The van der Waals surface area contributed by atoms with Gasteiger partial charge in [-0.2, -0.15) is 5.26 Å². The molecule has 0 bridgehead atoms. The zero-order valence-corrected chi connectivity index (χ0v) is 12.1. The van der Waals surface area contributed by atoms with Crippen LogP contribution in [0.2, 0.25) is 0 Å². The van der Waals surface area contributed by atoms with Gasteiger partial charge in [0.15, 0.2) is 0 Å². The summed E-state index contributed by atoms with van der Waals surface area (Å²) >= 11 is 0. The van der Waals surface area contributed by atoms with Crippen LogP contribution in [0.1, 0.15) is 47.0 Å². The standard InChI is InChI=1S/C15H24N2O/c1-14(2)7-6-12-10(8-14)11(9-16)13(17-5)18-15(12,3)4/h10,12,17H,6-8H2,1-5H3/t10-,12+/m1/s1. The molecule has 0 aromatic carbocycles. The smallest absolute Gasteiger partial charge is 0.201 e. The number of nitrogens with one attached hydrogen (secondary N) is 1. The topological polar surface area (TPSA) is 45.0 Å². The third-order valence-electron chi connectivity index (χ3n) is 4.61. The lowest BCUT2D eigenvalue weighted by molar-refractivity contribution is -0.0858. The van der Waals surface area contributed by atoms with Gasteiger partial charge in [0.1, 0.15) is 11.7 Å². The lowest BCUT2D eigenvalue weighted by atomic mass is 9.60. The van der Waals surface area contributed by atoms with Crippen LogP contribution in [-0.4, -0.2) is 12.6 Å². The molecule has 1 N–H and O–H groups in total. The molecular formula is C15H24N2O. The second-order valence-electron chi connectivity index (χ2n) is 6.93. The number of nitrogens with zero attached hydrogens (tertiary/aromatic N) is 1. The Bertz CT molecular complexity index is 415. The molecule has 2 aliphatic rings. The number of ether oxygens (including phenoxy) is 1. The van der Waals surface area contributed by atoms with Gasteiger partial charge in [0.2, 0.25) is 5.88 Å². The molecule has 2 atom stereocenters. The average molecular weight is 248 g/mol. The molecule has 0 aromatic rings. The molecule has 2 rings (SSSR count). The van der Waals surface area contributed by atoms with Crippen LogP contribution in [0, 0.1) is 28.6 Å². The first-order valence-corrected chi connectivity index (χ1v) is 6.82. The fourth-order valence-electron chi connectivity index (χ4n) is 3.60. The molecule has 3 nitrogen and oxygen atoms in total. The number of nitriles is 1. The minimum atomic E-state index is -0.181. The van der Waals surface area contributed by atoms with Crippen LogP contribution >= 0.6 is 0 Å². The molecule has 1 aliphatic carbocycles. The summed E-state index contributed by atoms with van der Waals surface area (Å²) in [7, 11) is 1.83. The Balaban J connectivity index is 2.43. The van der Waals surface area contributed by atoms with E-state index in [-0.39, 0.29) is 5.60 Å². The van der Waals surface area contributed by atoms with Crippen molar-refractivity contribution in [2.24, 2.45) is 17.3 Å². The number of fused-ring (bicyclic) bond motifs is 1. The van der Waals surface area contributed by atoms with E-state index in [1.165, 1.54) is 6.42 Å². The predicted octanol–water partition coefficient (Wildman–Crippen LogP) is 3.19. The van der Waals surface area contributed by atoms with Crippen LogP contribution in [0.4, 0.5) is 0 Å². The lowest BCUT2D eigenvalue weighted by Crippen LogP contribution is -2.49. The van der Waals surface area contributed by atoms with Crippen molar-refractivity contribution >= 4 is 0 Å². The molecule has 3 heteroatoms. The Morgan fingerprint density at radius 2 is 2.00 bits per heavy atom. The quantitative estimate of drug-likeness (QED) is 0.775. The van der Waals surface area contributed by atoms with Crippen LogP contribution < -0.4 is 5.32 Å². The Hall–Kier alpha value is -1.17. The van der Waals surface area contributed by atoms with Crippen molar-refractivity contribution in [1.29, 1.82) is 5.26 Å². The molecule has 1 aliphatic heterocycles. The van der Waals surface area contributed by atoms with Gasteiger partial charge in [-0.3, -0.25) is 0 Å². The number of hydrogen-bond donors (Lipinski definition) is 1. The molecule has 0 radical (unpaired) electrons. The first-order chi connectivity index (χ1) is 8.30. The normalized spacial score (nSPS) is 33.1. The Labute approximate surface area is 110 Å². The summed E-state index contributed by atoms with van der Waals surface area (Å²) in [6.07, 6.45) is 3.44. The zero-order chi connectivity index (χ0) is 13.6. The van der Waals surface area contributed by atoms with E-state index < -0.39 is 0 Å². The van der Waals surface area contributed by atoms with E-state index in [2.05, 4.69) is 39.1 Å². The fourth-order valence-corrected chi connectivity index (χ4v) is 3.60. The Morgan fingerprint density at radius 3 is 2.56 bits per heavy atom. The summed E-state index contributed by atoms with van der Waals surface area (Å²) in [5.41, 5.74) is 0.963. The molecule has 1 heterocycles. The number of rotatable bonds is 1. The molecule has 18 heavy (non-hydrogen) atoms. The van der Waals surface area contributed by atoms with E-state index >= 15 is 0 Å². The molecule has 0 spiro atoms. The summed E-state index contributed by atoms with van der Waals surface area (Å²) in [6, 6.07) is 2.37. The van der Waals surface area contributed by atoms with Crippen LogP contribution in [0.3, 0.4) is 0 Å². The van der Waals surface area contributed by atoms with Gasteiger partial charge in [-0.1, -0.05) is 13.8 Å². The number of hydrogen-bond acceptors (Lipinski definition) is 3. The molecule has 0 aromatic heterocycles. The van der Waals surface area contributed by atoms with Crippen molar-refractivity contribution in [1.82, 2.24) is 5.32 Å². The van der Waals surface area contributed by atoms with Crippen molar-refractivity contribution < 1.29 is 4.74 Å². The maximum Gasteiger partial charge on any atom is 0.201 e. The molecule has 0 amide bonds. The molecular weight excluding hydrogens is 224 g/mol. The summed E-state index contributed by atoms with van der Waals surface area (Å²) < 4.78 is 6.01. The summed E-state index contributed by atoms with van der Waals surface area (Å²) in [5, 5.41) is 12.5. The van der Waals surface area contributed by atoms with Gasteiger partial charge in [-0.25, -0.2) is 0 Å². The van der Waals surface area contributed by atoms with Crippen molar-refractivity contribution in [2.75, 3.05) is 7.05 Å². The van der Waals surface area contributed by atoms with Crippen LogP contribution in [-0.2, 0) is 4.74 Å². The second-order valence-corrected chi connectivity index (χ2v) is 6.93. The minimum absolute atomic E-state index is 0.181. The van der Waals surface area contributed by atoms with Gasteiger partial charge in [0.25, 0.3) is 0 Å². The average Bonchev–Trinajstić information content (AvgIpc) is 2.26. The van der Waals surface area contributed by atoms with Gasteiger partial charge < -0.3 is 10.1 Å². The fraction of sp³-hybridized carbons (Fsp3) is 0.800. The van der Waals surface area contributed by atoms with E-state index in [9.17, 15) is 5.26 Å². The first-order valence-electron chi connectivity index (χ1n) is 6.82. The highest BCUT2D eigenvalue weighted by Gasteiger charge is 2.49. The minimum Gasteiger partial charge on any atom is -0.472 e. The summed E-state index contributed by atoms with van der Waals surface area (Å²) in [5.74, 6) is 1.48. The SMILES string of the molecule is CNC1=C(C#N)[C@H]2CC(C)(C)CC[C@@H]2C(C)(C)O1. The van der Waals surface area contributed by atoms with Gasteiger partial charge in [0, 0.05) is 18.9 Å². The van der Waals surface area contributed by atoms with Crippen LogP contribution in [0.25, 0.3) is 0 Å². The van der Waals surface area contributed by atoms with Crippen molar-refractivity contribution in [3.05, 3.63) is 11.5 Å². The Morgan fingerprint density at radius 1 is 1.33 bits per heavy atom. The van der Waals surface area contributed by atoms with Crippen LogP contribution in [0.5, 0.6) is 0 Å². The monoisotopic (exact) mass is 248 g/mol. The molecule has 0 saturated heterocycles. The number of allylic oxidation sites excluding steroid dienone is 1. The third-order valence-corrected chi connectivity index (χ3v) is 4.61. The van der Waals surface area contributed by atoms with E-state index in [1.807, 2.05) is 7.05 Å².